The Balaban J connectivity index is 1.80. The molecular weight excluding hydrogens is 310 g/mol. The molecule has 0 aliphatic carbocycles. The molecule has 1 N–H and O–H groups in total. The van der Waals surface area contributed by atoms with Crippen LogP contribution >= 0.6 is 0 Å². The maximum absolute atomic E-state index is 12.4. The summed E-state index contributed by atoms with van der Waals surface area (Å²) in [6.07, 6.45) is 0.277. The first-order valence-corrected chi connectivity index (χ1v) is 7.74. The zero-order valence-electron chi connectivity index (χ0n) is 13.5. The third-order valence-corrected chi connectivity index (χ3v) is 4.43. The maximum atomic E-state index is 12.4. The van der Waals surface area contributed by atoms with E-state index in [-0.39, 0.29) is 30.1 Å². The Labute approximate surface area is 138 Å². The molecule has 0 amide bonds. The molecule has 2 aromatic rings. The predicted molar refractivity (Wildman–Crippen MR) is 88.3 cm³/mol. The quantitative estimate of drug-likeness (QED) is 0.502. The van der Waals surface area contributed by atoms with Crippen LogP contribution in [0.3, 0.4) is 0 Å². The van der Waals surface area contributed by atoms with Gasteiger partial charge in [0.05, 0.1) is 12.3 Å². The first kappa shape index (κ1) is 16.1. The van der Waals surface area contributed by atoms with Crippen LogP contribution < -0.4 is 16.2 Å². The minimum absolute atomic E-state index is 0.0704. The monoisotopic (exact) mass is 327 g/mol. The molecule has 0 spiro atoms. The number of ether oxygens (including phenoxy) is 1. The van der Waals surface area contributed by atoms with Crippen LogP contribution in [-0.4, -0.2) is 24.4 Å². The minimum Gasteiger partial charge on any atom is -0.464 e. The average Bonchev–Trinajstić information content (AvgIpc) is 2.97. The van der Waals surface area contributed by atoms with Crippen LogP contribution in [0.2, 0.25) is 0 Å². The van der Waals surface area contributed by atoms with Crippen molar-refractivity contribution >= 4 is 17.4 Å². The summed E-state index contributed by atoms with van der Waals surface area (Å²) in [5, 5.41) is 2.76. The fourth-order valence-electron chi connectivity index (χ4n) is 2.74. The molecule has 0 aromatic heterocycles. The molecule has 1 unspecified atom stereocenters. The van der Waals surface area contributed by atoms with Crippen molar-refractivity contribution in [1.29, 1.82) is 0 Å². The third kappa shape index (κ3) is 2.75. The number of esters is 1. The number of aryl methyl sites for hydroxylation is 2. The van der Waals surface area contributed by atoms with E-state index in [0.29, 0.717) is 12.0 Å². The van der Waals surface area contributed by atoms with Gasteiger partial charge in [-0.15, -0.1) is 0 Å². The summed E-state index contributed by atoms with van der Waals surface area (Å²) < 4.78 is 4.82. The van der Waals surface area contributed by atoms with Crippen molar-refractivity contribution in [2.45, 2.75) is 32.7 Å². The molecule has 1 saturated heterocycles. The molecule has 0 bridgehead atoms. The van der Waals surface area contributed by atoms with Crippen molar-refractivity contribution < 1.29 is 14.3 Å². The third-order valence-electron chi connectivity index (χ3n) is 4.43. The van der Waals surface area contributed by atoms with Crippen molar-refractivity contribution in [3.05, 3.63) is 60.9 Å². The van der Waals surface area contributed by atoms with Gasteiger partial charge >= 0.3 is 5.97 Å². The Bertz CT molecular complexity index is 905. The lowest BCUT2D eigenvalue weighted by Crippen LogP contribution is -2.42. The van der Waals surface area contributed by atoms with E-state index in [4.69, 9.17) is 4.74 Å². The van der Waals surface area contributed by atoms with Gasteiger partial charge in [0.1, 0.15) is 6.04 Å². The second-order valence-electron chi connectivity index (χ2n) is 6.06. The van der Waals surface area contributed by atoms with Crippen molar-refractivity contribution in [2.24, 2.45) is 0 Å². The highest BCUT2D eigenvalue weighted by Gasteiger charge is 2.31. The summed E-state index contributed by atoms with van der Waals surface area (Å²) in [6.45, 7) is 4.13. The van der Waals surface area contributed by atoms with Gasteiger partial charge in [-0.1, -0.05) is 12.1 Å². The number of rotatable bonds is 5. The topological polar surface area (TPSA) is 89.5 Å². The number of Topliss-reactive ketones (excluding diaryl/α,β-unsaturated/α-hetero) is 1. The van der Waals surface area contributed by atoms with Crippen LogP contribution in [0.4, 0.5) is 5.69 Å². The molecule has 3 rings (SSSR count). The van der Waals surface area contributed by atoms with Crippen LogP contribution in [-0.2, 0) is 16.0 Å². The van der Waals surface area contributed by atoms with Crippen molar-refractivity contribution in [1.82, 2.24) is 0 Å². The van der Waals surface area contributed by atoms with E-state index in [1.54, 1.807) is 12.1 Å². The number of carbonyl (C=O) groups excluding carboxylic acids is 2. The lowest BCUT2D eigenvalue weighted by molar-refractivity contribution is -0.138. The zero-order chi connectivity index (χ0) is 17.4. The normalized spacial score (nSPS) is 17.1. The smallest absolute Gasteiger partial charge is 0.328 e. The molecule has 6 heteroatoms. The van der Waals surface area contributed by atoms with Gasteiger partial charge in [-0.25, -0.2) is 4.79 Å². The maximum Gasteiger partial charge on any atom is 0.328 e. The molecule has 6 nitrogen and oxygen atoms in total. The van der Waals surface area contributed by atoms with E-state index in [1.165, 1.54) is 0 Å². The lowest BCUT2D eigenvalue weighted by atomic mass is 9.95. The standard InChI is InChI=1S/C18H17NO5/c1-9-3-4-11(7-10(9)2)14(20)8-12-15(17(22)16(12)21)19-13-5-6-24-18(13)23/h3-4,7,13,19H,5-6,8H2,1-2H3. The van der Waals surface area contributed by atoms with E-state index < -0.39 is 22.9 Å². The number of cyclic esters (lactones) is 1. The predicted octanol–water partition coefficient (Wildman–Crippen LogP) is 1.05. The summed E-state index contributed by atoms with van der Waals surface area (Å²) >= 11 is 0. The van der Waals surface area contributed by atoms with E-state index in [1.807, 2.05) is 19.9 Å². The highest BCUT2D eigenvalue weighted by molar-refractivity contribution is 5.98. The molecule has 0 saturated carbocycles. The van der Waals surface area contributed by atoms with Crippen LogP contribution in [0.5, 0.6) is 0 Å². The van der Waals surface area contributed by atoms with Crippen LogP contribution in [0.25, 0.3) is 0 Å². The van der Waals surface area contributed by atoms with E-state index >= 15 is 0 Å². The molecule has 124 valence electrons. The summed E-state index contributed by atoms with van der Waals surface area (Å²) in [6, 6.07) is 4.68. The van der Waals surface area contributed by atoms with Gasteiger partial charge in [0, 0.05) is 24.0 Å². The Morgan fingerprint density at radius 3 is 2.54 bits per heavy atom. The van der Waals surface area contributed by atoms with Gasteiger partial charge in [-0.2, -0.15) is 0 Å². The lowest BCUT2D eigenvalue weighted by Gasteiger charge is -2.15. The van der Waals surface area contributed by atoms with Gasteiger partial charge in [-0.3, -0.25) is 14.4 Å². The fourth-order valence-corrected chi connectivity index (χ4v) is 2.74. The number of hydrogen-bond acceptors (Lipinski definition) is 6. The average molecular weight is 327 g/mol. The SMILES string of the molecule is Cc1ccc(C(=O)Cc2c(NC3CCOC3=O)c(=O)c2=O)cc1C. The van der Waals surface area contributed by atoms with E-state index in [9.17, 15) is 19.2 Å². The summed E-state index contributed by atoms with van der Waals surface area (Å²) in [5.41, 5.74) is 1.42. The van der Waals surface area contributed by atoms with Crippen molar-refractivity contribution in [3.8, 4) is 0 Å². The van der Waals surface area contributed by atoms with Crippen molar-refractivity contribution in [3.63, 3.8) is 0 Å². The van der Waals surface area contributed by atoms with Crippen LogP contribution in [0.15, 0.2) is 27.8 Å². The summed E-state index contributed by atoms with van der Waals surface area (Å²) in [5.74, 6) is -0.684. The molecule has 1 heterocycles. The van der Waals surface area contributed by atoms with Crippen molar-refractivity contribution in [2.75, 3.05) is 11.9 Å². The number of ketones is 1. The van der Waals surface area contributed by atoms with E-state index in [0.717, 1.165) is 11.1 Å². The van der Waals surface area contributed by atoms with Gasteiger partial charge in [0.25, 0.3) is 0 Å². The zero-order valence-corrected chi connectivity index (χ0v) is 13.5. The molecule has 1 fully saturated rings. The number of anilines is 1. The van der Waals surface area contributed by atoms with Crippen LogP contribution in [0, 0.1) is 13.8 Å². The molecule has 24 heavy (non-hydrogen) atoms. The number of hydrogen-bond donors (Lipinski definition) is 1. The fraction of sp³-hybridized carbons (Fsp3) is 0.333. The highest BCUT2D eigenvalue weighted by atomic mass is 16.5. The van der Waals surface area contributed by atoms with Gasteiger partial charge in [-0.05, 0) is 31.0 Å². The van der Waals surface area contributed by atoms with E-state index in [2.05, 4.69) is 5.32 Å². The summed E-state index contributed by atoms with van der Waals surface area (Å²) in [7, 11) is 0. The largest absolute Gasteiger partial charge is 0.464 e. The van der Waals surface area contributed by atoms with Gasteiger partial charge in [0.2, 0.25) is 10.9 Å². The first-order chi connectivity index (χ1) is 11.4. The number of benzene rings is 1. The molecule has 1 aliphatic rings. The second-order valence-corrected chi connectivity index (χ2v) is 6.06. The molecule has 1 atom stereocenters. The molecule has 0 radical (unpaired) electrons. The van der Waals surface area contributed by atoms with Gasteiger partial charge < -0.3 is 10.1 Å². The van der Waals surface area contributed by atoms with Crippen LogP contribution in [0.1, 0.15) is 33.5 Å². The molecule has 2 aromatic carbocycles. The number of carbonyl (C=O) groups is 2. The number of nitrogens with one attached hydrogen (secondary N) is 1. The Hall–Kier alpha value is -2.76. The summed E-state index contributed by atoms with van der Waals surface area (Å²) in [4.78, 5) is 47.4. The molecular formula is C18H17NO5. The van der Waals surface area contributed by atoms with Gasteiger partial charge in [0.15, 0.2) is 5.78 Å². The first-order valence-electron chi connectivity index (χ1n) is 7.74. The highest BCUT2D eigenvalue weighted by Crippen LogP contribution is 2.18. The minimum atomic E-state index is -0.683. The Kier molecular flexibility index (Phi) is 4.05. The second kappa shape index (κ2) is 6.03. The Morgan fingerprint density at radius 1 is 1.17 bits per heavy atom. The molecule has 1 aliphatic heterocycles. The Morgan fingerprint density at radius 2 is 1.92 bits per heavy atom.